The maximum absolute atomic E-state index is 12.8. The Morgan fingerprint density at radius 1 is 1.35 bits per heavy atom. The number of aromatic nitrogens is 3. The summed E-state index contributed by atoms with van der Waals surface area (Å²) < 4.78 is 20.5. The first-order valence-electron chi connectivity index (χ1n) is 8.08. The van der Waals surface area contributed by atoms with Gasteiger partial charge in [-0.2, -0.15) is 0 Å². The molecule has 26 heavy (non-hydrogen) atoms. The third-order valence-corrected chi connectivity index (χ3v) is 6.12. The van der Waals surface area contributed by atoms with E-state index in [9.17, 15) is 9.18 Å². The quantitative estimate of drug-likeness (QED) is 0.624. The number of halogens is 1. The highest BCUT2D eigenvalue weighted by molar-refractivity contribution is 8.01. The fourth-order valence-electron chi connectivity index (χ4n) is 2.69. The summed E-state index contributed by atoms with van der Waals surface area (Å²) in [6.45, 7) is 1.12. The third-order valence-electron chi connectivity index (χ3n) is 3.96. The molecule has 1 amide bonds. The molecule has 1 aliphatic heterocycles. The Balaban J connectivity index is 1.29. The zero-order valence-electron chi connectivity index (χ0n) is 13.7. The lowest BCUT2D eigenvalue weighted by Crippen LogP contribution is -2.32. The van der Waals surface area contributed by atoms with Crippen LogP contribution in [0.4, 0.5) is 4.39 Å². The molecule has 1 aromatic carbocycles. The van der Waals surface area contributed by atoms with Crippen molar-refractivity contribution in [1.82, 2.24) is 19.9 Å². The van der Waals surface area contributed by atoms with Crippen molar-refractivity contribution in [2.75, 3.05) is 18.8 Å². The first-order valence-corrected chi connectivity index (χ1v) is 9.88. The molecular weight excluding hydrogens is 375 g/mol. The summed E-state index contributed by atoms with van der Waals surface area (Å²) >= 11 is 3.05. The SMILES string of the molecule is O=C(CSc1nc2ccccc2s1)N1CC[C@@H](Oc2ncc(F)cn2)C1. The zero-order chi connectivity index (χ0) is 17.9. The van der Waals surface area contributed by atoms with Crippen LogP contribution < -0.4 is 4.74 Å². The van der Waals surface area contributed by atoms with Crippen molar-refractivity contribution in [2.45, 2.75) is 16.9 Å². The van der Waals surface area contributed by atoms with Gasteiger partial charge < -0.3 is 9.64 Å². The van der Waals surface area contributed by atoms with Gasteiger partial charge in [0.1, 0.15) is 6.10 Å². The Morgan fingerprint density at radius 3 is 2.96 bits per heavy atom. The summed E-state index contributed by atoms with van der Waals surface area (Å²) in [7, 11) is 0. The number of thiazole rings is 1. The number of carbonyl (C=O) groups excluding carboxylic acids is 1. The second-order valence-corrected chi connectivity index (χ2v) is 8.04. The normalized spacial score (nSPS) is 17.0. The number of nitrogens with zero attached hydrogens (tertiary/aromatic N) is 4. The van der Waals surface area contributed by atoms with Gasteiger partial charge in [0.05, 0.1) is 34.9 Å². The van der Waals surface area contributed by atoms with Crippen molar-refractivity contribution in [2.24, 2.45) is 0 Å². The highest BCUT2D eigenvalue weighted by Gasteiger charge is 2.28. The number of rotatable bonds is 5. The van der Waals surface area contributed by atoms with Gasteiger partial charge in [0, 0.05) is 13.0 Å². The topological polar surface area (TPSA) is 68.2 Å². The summed E-state index contributed by atoms with van der Waals surface area (Å²) in [5.41, 5.74) is 0.960. The average molecular weight is 390 g/mol. The van der Waals surface area contributed by atoms with Crippen LogP contribution in [0, 0.1) is 5.82 Å². The first-order chi connectivity index (χ1) is 12.7. The van der Waals surface area contributed by atoms with Gasteiger partial charge in [0.25, 0.3) is 0 Å². The lowest BCUT2D eigenvalue weighted by atomic mass is 10.3. The number of amides is 1. The summed E-state index contributed by atoms with van der Waals surface area (Å²) in [6, 6.07) is 8.07. The maximum atomic E-state index is 12.8. The van der Waals surface area contributed by atoms with Gasteiger partial charge in [0.2, 0.25) is 5.91 Å². The Labute approximate surface area is 157 Å². The molecule has 1 fully saturated rings. The van der Waals surface area contributed by atoms with Crippen LogP contribution in [0.3, 0.4) is 0 Å². The van der Waals surface area contributed by atoms with E-state index in [-0.39, 0.29) is 18.0 Å². The molecule has 1 saturated heterocycles. The Morgan fingerprint density at radius 2 is 2.15 bits per heavy atom. The number of para-hydroxylation sites is 1. The molecular formula is C17H15FN4O2S2. The van der Waals surface area contributed by atoms with E-state index in [0.717, 1.165) is 26.9 Å². The average Bonchev–Trinajstić information content (AvgIpc) is 3.28. The molecule has 3 heterocycles. The second kappa shape index (κ2) is 7.55. The molecule has 0 saturated carbocycles. The monoisotopic (exact) mass is 390 g/mol. The highest BCUT2D eigenvalue weighted by atomic mass is 32.2. The molecule has 0 spiro atoms. The predicted molar refractivity (Wildman–Crippen MR) is 97.9 cm³/mol. The summed E-state index contributed by atoms with van der Waals surface area (Å²) in [6.07, 6.45) is 2.67. The molecule has 4 rings (SSSR count). The van der Waals surface area contributed by atoms with E-state index < -0.39 is 5.82 Å². The fraction of sp³-hybridized carbons (Fsp3) is 0.294. The number of hydrogen-bond acceptors (Lipinski definition) is 7. The van der Waals surface area contributed by atoms with E-state index in [0.29, 0.717) is 25.3 Å². The number of hydrogen-bond donors (Lipinski definition) is 0. The van der Waals surface area contributed by atoms with Crippen LogP contribution in [0.5, 0.6) is 6.01 Å². The van der Waals surface area contributed by atoms with E-state index in [2.05, 4.69) is 15.0 Å². The lowest BCUT2D eigenvalue weighted by molar-refractivity contribution is -0.127. The van der Waals surface area contributed by atoms with Crippen LogP contribution in [0.25, 0.3) is 10.2 Å². The Bertz CT molecular complexity index is 886. The van der Waals surface area contributed by atoms with Gasteiger partial charge >= 0.3 is 6.01 Å². The highest BCUT2D eigenvalue weighted by Crippen LogP contribution is 2.29. The fourth-order valence-corrected chi connectivity index (χ4v) is 4.66. The largest absolute Gasteiger partial charge is 0.458 e. The van der Waals surface area contributed by atoms with Gasteiger partial charge in [-0.1, -0.05) is 23.9 Å². The lowest BCUT2D eigenvalue weighted by Gasteiger charge is -2.16. The molecule has 3 aromatic rings. The van der Waals surface area contributed by atoms with Gasteiger partial charge in [0.15, 0.2) is 10.2 Å². The van der Waals surface area contributed by atoms with E-state index >= 15 is 0 Å². The van der Waals surface area contributed by atoms with Crippen molar-refractivity contribution >= 4 is 39.2 Å². The van der Waals surface area contributed by atoms with Crippen molar-refractivity contribution in [3.8, 4) is 6.01 Å². The van der Waals surface area contributed by atoms with Crippen LogP contribution in [0.1, 0.15) is 6.42 Å². The van der Waals surface area contributed by atoms with Crippen molar-refractivity contribution < 1.29 is 13.9 Å². The van der Waals surface area contributed by atoms with Crippen molar-refractivity contribution in [3.63, 3.8) is 0 Å². The molecule has 2 aromatic heterocycles. The maximum Gasteiger partial charge on any atom is 0.316 e. The minimum Gasteiger partial charge on any atom is -0.458 e. The van der Waals surface area contributed by atoms with Crippen LogP contribution >= 0.6 is 23.1 Å². The first kappa shape index (κ1) is 17.2. The van der Waals surface area contributed by atoms with Gasteiger partial charge in [-0.25, -0.2) is 19.3 Å². The van der Waals surface area contributed by atoms with E-state index in [1.165, 1.54) is 11.8 Å². The van der Waals surface area contributed by atoms with Crippen molar-refractivity contribution in [3.05, 3.63) is 42.5 Å². The number of benzene rings is 1. The van der Waals surface area contributed by atoms with E-state index in [1.54, 1.807) is 16.2 Å². The van der Waals surface area contributed by atoms with Crippen LogP contribution in [0.2, 0.25) is 0 Å². The second-order valence-electron chi connectivity index (χ2n) is 5.79. The minimum atomic E-state index is -0.507. The van der Waals surface area contributed by atoms with Gasteiger partial charge in [-0.05, 0) is 12.1 Å². The van der Waals surface area contributed by atoms with Crippen LogP contribution in [0.15, 0.2) is 41.0 Å². The summed E-state index contributed by atoms with van der Waals surface area (Å²) in [5, 5.41) is 0. The standard InChI is InChI=1S/C17H15FN4O2S2/c18-11-7-19-16(20-8-11)24-12-5-6-22(9-12)15(23)10-25-17-21-13-3-1-2-4-14(13)26-17/h1-4,7-8,12H,5-6,9-10H2/t12-/m1/s1. The molecule has 0 N–H and O–H groups in total. The van der Waals surface area contributed by atoms with Gasteiger partial charge in [-0.15, -0.1) is 11.3 Å². The summed E-state index contributed by atoms with van der Waals surface area (Å²) in [4.78, 5) is 26.3. The molecule has 134 valence electrons. The number of carbonyl (C=O) groups is 1. The molecule has 0 bridgehead atoms. The third kappa shape index (κ3) is 3.94. The molecule has 0 aliphatic carbocycles. The molecule has 0 unspecified atom stereocenters. The predicted octanol–water partition coefficient (Wildman–Crippen LogP) is 3.00. The van der Waals surface area contributed by atoms with Crippen LogP contribution in [-0.2, 0) is 4.79 Å². The molecule has 1 atom stereocenters. The molecule has 1 aliphatic rings. The smallest absolute Gasteiger partial charge is 0.316 e. The number of ether oxygens (including phenoxy) is 1. The number of thioether (sulfide) groups is 1. The minimum absolute atomic E-state index is 0.0559. The Hall–Kier alpha value is -2.26. The van der Waals surface area contributed by atoms with E-state index in [4.69, 9.17) is 4.74 Å². The van der Waals surface area contributed by atoms with Crippen LogP contribution in [-0.4, -0.2) is 50.7 Å². The zero-order valence-corrected chi connectivity index (χ0v) is 15.3. The summed E-state index contributed by atoms with van der Waals surface area (Å²) in [5.74, 6) is -0.104. The molecule has 6 nitrogen and oxygen atoms in total. The number of likely N-dealkylation sites (tertiary alicyclic amines) is 1. The molecule has 0 radical (unpaired) electrons. The van der Waals surface area contributed by atoms with Crippen molar-refractivity contribution in [1.29, 1.82) is 0 Å². The van der Waals surface area contributed by atoms with E-state index in [1.807, 2.05) is 24.3 Å². The number of fused-ring (bicyclic) bond motifs is 1. The van der Waals surface area contributed by atoms with Gasteiger partial charge in [-0.3, -0.25) is 4.79 Å². The Kier molecular flexibility index (Phi) is 4.98. The molecule has 9 heteroatoms.